The molecule has 1 unspecified atom stereocenters. The number of fused-ring (bicyclic) bond motifs is 1. The zero-order valence-corrected chi connectivity index (χ0v) is 13.7. The summed E-state index contributed by atoms with van der Waals surface area (Å²) in [5.41, 5.74) is 12.9. The summed E-state index contributed by atoms with van der Waals surface area (Å²) < 4.78 is 4.54. The van der Waals surface area contributed by atoms with Crippen LogP contribution in [0.15, 0.2) is 18.2 Å². The molecule has 23 heavy (non-hydrogen) atoms. The molecule has 0 spiro atoms. The number of carbonyl (C=O) groups excluding carboxylic acids is 3. The van der Waals surface area contributed by atoms with Gasteiger partial charge in [0, 0.05) is 29.8 Å². The molecule has 1 atom stereocenters. The molecule has 0 aromatic heterocycles. The summed E-state index contributed by atoms with van der Waals surface area (Å²) in [4.78, 5) is 36.5. The lowest BCUT2D eigenvalue weighted by atomic mass is 10.1. The number of amides is 2. The molecular formula is C16H23N3O4. The number of esters is 1. The van der Waals surface area contributed by atoms with Crippen molar-refractivity contribution < 1.29 is 19.1 Å². The Kier molecular flexibility index (Phi) is 6.56. The highest BCUT2D eigenvalue weighted by atomic mass is 16.5. The highest BCUT2D eigenvalue weighted by molar-refractivity contribution is 6.02. The van der Waals surface area contributed by atoms with E-state index in [1.165, 1.54) is 12.0 Å². The molecule has 126 valence electrons. The summed E-state index contributed by atoms with van der Waals surface area (Å²) in [6, 6.07) is 4.18. The normalized spacial score (nSPS) is 13.7. The van der Waals surface area contributed by atoms with Crippen molar-refractivity contribution >= 4 is 23.5 Å². The van der Waals surface area contributed by atoms with Crippen molar-refractivity contribution in [1.29, 1.82) is 0 Å². The number of methoxy groups -OCH3 is 1. The van der Waals surface area contributed by atoms with Gasteiger partial charge >= 0.3 is 5.97 Å². The van der Waals surface area contributed by atoms with Crippen LogP contribution in [0.4, 0.5) is 5.69 Å². The molecule has 2 rings (SSSR count). The van der Waals surface area contributed by atoms with E-state index in [-0.39, 0.29) is 25.3 Å². The maximum atomic E-state index is 12.4. The Morgan fingerprint density at radius 2 is 2.00 bits per heavy atom. The van der Waals surface area contributed by atoms with Crippen LogP contribution in [0, 0.1) is 0 Å². The summed E-state index contributed by atoms with van der Waals surface area (Å²) in [5, 5.41) is 0. The topological polar surface area (TPSA) is 116 Å². The van der Waals surface area contributed by atoms with E-state index < -0.39 is 17.9 Å². The van der Waals surface area contributed by atoms with Gasteiger partial charge < -0.3 is 21.1 Å². The Hall–Kier alpha value is -2.57. The zero-order valence-electron chi connectivity index (χ0n) is 13.7. The average Bonchev–Trinajstić information content (AvgIpc) is 2.88. The first-order valence-corrected chi connectivity index (χ1v) is 7.50. The van der Waals surface area contributed by atoms with Gasteiger partial charge in [-0.05, 0) is 18.6 Å². The molecule has 0 saturated carbocycles. The summed E-state index contributed by atoms with van der Waals surface area (Å²) >= 11 is 0. The third kappa shape index (κ3) is 4.00. The largest absolute Gasteiger partial charge is 0.469 e. The summed E-state index contributed by atoms with van der Waals surface area (Å²) in [5.74, 6) is -1.41. The summed E-state index contributed by atoms with van der Waals surface area (Å²) in [6.45, 7) is 4.22. The molecule has 4 N–H and O–H groups in total. The van der Waals surface area contributed by atoms with Gasteiger partial charge in [0.15, 0.2) is 0 Å². The number of nitrogen functional groups attached to an aromatic ring is 1. The summed E-state index contributed by atoms with van der Waals surface area (Å²) in [7, 11) is 1.26. The molecule has 0 fully saturated rings. The van der Waals surface area contributed by atoms with Gasteiger partial charge in [0.2, 0.25) is 5.91 Å². The Bertz CT molecular complexity index is 601. The monoisotopic (exact) mass is 321 g/mol. The molecule has 1 aliphatic heterocycles. The van der Waals surface area contributed by atoms with Crippen LogP contribution < -0.4 is 11.5 Å². The maximum Gasteiger partial charge on any atom is 0.305 e. The Morgan fingerprint density at radius 3 is 2.52 bits per heavy atom. The minimum atomic E-state index is -0.858. The minimum absolute atomic E-state index is 0.0136. The van der Waals surface area contributed by atoms with Gasteiger partial charge in [-0.15, -0.1) is 0 Å². The maximum absolute atomic E-state index is 12.4. The number of hydrogen-bond acceptors (Lipinski definition) is 5. The van der Waals surface area contributed by atoms with Crippen LogP contribution in [-0.4, -0.2) is 35.8 Å². The van der Waals surface area contributed by atoms with Crippen LogP contribution >= 0.6 is 0 Å². The molecule has 0 saturated heterocycles. The van der Waals surface area contributed by atoms with Crippen LogP contribution in [0.3, 0.4) is 0 Å². The molecule has 0 aliphatic carbocycles. The van der Waals surface area contributed by atoms with Crippen LogP contribution in [0.1, 0.15) is 42.6 Å². The molecule has 1 heterocycles. The van der Waals surface area contributed by atoms with Gasteiger partial charge in [-0.25, -0.2) is 0 Å². The van der Waals surface area contributed by atoms with Gasteiger partial charge in [0.25, 0.3) is 5.91 Å². The van der Waals surface area contributed by atoms with E-state index in [1.807, 2.05) is 13.8 Å². The van der Waals surface area contributed by atoms with Crippen molar-refractivity contribution in [3.8, 4) is 0 Å². The Labute approximate surface area is 135 Å². The highest BCUT2D eigenvalue weighted by Crippen LogP contribution is 2.29. The number of carbonyl (C=O) groups is 3. The van der Waals surface area contributed by atoms with Gasteiger partial charge in [-0.3, -0.25) is 14.4 Å². The number of ether oxygens (including phenoxy) is 1. The van der Waals surface area contributed by atoms with Crippen LogP contribution in [0.2, 0.25) is 0 Å². The molecule has 7 nitrogen and oxygen atoms in total. The predicted molar refractivity (Wildman–Crippen MR) is 86.3 cm³/mol. The van der Waals surface area contributed by atoms with Gasteiger partial charge in [0.1, 0.15) is 6.04 Å². The van der Waals surface area contributed by atoms with Crippen LogP contribution in [0.25, 0.3) is 0 Å². The van der Waals surface area contributed by atoms with Crippen molar-refractivity contribution in [2.45, 2.75) is 39.3 Å². The van der Waals surface area contributed by atoms with Gasteiger partial charge in [-0.2, -0.15) is 0 Å². The van der Waals surface area contributed by atoms with E-state index in [0.29, 0.717) is 16.8 Å². The molecule has 1 aliphatic rings. The number of primary amides is 1. The first kappa shape index (κ1) is 18.5. The third-order valence-electron chi connectivity index (χ3n) is 3.59. The van der Waals surface area contributed by atoms with Crippen molar-refractivity contribution in [1.82, 2.24) is 4.90 Å². The highest BCUT2D eigenvalue weighted by Gasteiger charge is 2.36. The van der Waals surface area contributed by atoms with Crippen molar-refractivity contribution in [3.63, 3.8) is 0 Å². The fourth-order valence-corrected chi connectivity index (χ4v) is 2.44. The number of benzene rings is 1. The first-order valence-electron chi connectivity index (χ1n) is 7.50. The SMILES string of the molecule is CC.COC(=O)CCC(C(N)=O)N1Cc2c(N)cccc2C1=O. The fourth-order valence-electron chi connectivity index (χ4n) is 2.44. The second kappa shape index (κ2) is 8.17. The van der Waals surface area contributed by atoms with E-state index in [1.54, 1.807) is 18.2 Å². The predicted octanol–water partition coefficient (Wildman–Crippen LogP) is 1.06. The second-order valence-electron chi connectivity index (χ2n) is 4.84. The standard InChI is InChI=1S/C14H17N3O4.C2H6/c1-21-12(18)6-5-11(13(16)19)17-7-9-8(14(17)20)3-2-4-10(9)15;1-2/h2-4,11H,5-7,15H2,1H3,(H2,16,19);1-2H3. The van der Waals surface area contributed by atoms with Crippen LogP contribution in [0.5, 0.6) is 0 Å². The molecule has 0 bridgehead atoms. The third-order valence-corrected chi connectivity index (χ3v) is 3.59. The zero-order chi connectivity index (χ0) is 17.6. The molecule has 1 aromatic rings. The van der Waals surface area contributed by atoms with E-state index >= 15 is 0 Å². The van der Waals surface area contributed by atoms with E-state index in [0.717, 1.165) is 0 Å². The van der Waals surface area contributed by atoms with E-state index in [4.69, 9.17) is 11.5 Å². The lowest BCUT2D eigenvalue weighted by molar-refractivity contribution is -0.141. The molecule has 7 heteroatoms. The minimum Gasteiger partial charge on any atom is -0.469 e. The smallest absolute Gasteiger partial charge is 0.305 e. The Morgan fingerprint density at radius 1 is 1.35 bits per heavy atom. The van der Waals surface area contributed by atoms with Crippen molar-refractivity contribution in [3.05, 3.63) is 29.3 Å². The summed E-state index contributed by atoms with van der Waals surface area (Å²) in [6.07, 6.45) is 0.140. The van der Waals surface area contributed by atoms with Crippen LogP contribution in [-0.2, 0) is 20.9 Å². The second-order valence-corrected chi connectivity index (χ2v) is 4.84. The number of nitrogens with zero attached hydrogens (tertiary/aromatic N) is 1. The molecule has 2 amide bonds. The van der Waals surface area contributed by atoms with E-state index in [9.17, 15) is 14.4 Å². The first-order chi connectivity index (χ1) is 11.0. The average molecular weight is 321 g/mol. The number of anilines is 1. The van der Waals surface area contributed by atoms with E-state index in [2.05, 4.69) is 4.74 Å². The number of rotatable bonds is 5. The lowest BCUT2D eigenvalue weighted by Gasteiger charge is -2.24. The lowest BCUT2D eigenvalue weighted by Crippen LogP contribution is -2.45. The molecule has 0 radical (unpaired) electrons. The van der Waals surface area contributed by atoms with Crippen molar-refractivity contribution in [2.75, 3.05) is 12.8 Å². The van der Waals surface area contributed by atoms with Crippen molar-refractivity contribution in [2.24, 2.45) is 5.73 Å². The quantitative estimate of drug-likeness (QED) is 0.621. The molecular weight excluding hydrogens is 298 g/mol. The molecule has 1 aromatic carbocycles. The Balaban J connectivity index is 0.00000127. The fraction of sp³-hybridized carbons (Fsp3) is 0.438. The van der Waals surface area contributed by atoms with Gasteiger partial charge in [0.05, 0.1) is 7.11 Å². The van der Waals surface area contributed by atoms with Gasteiger partial charge in [-0.1, -0.05) is 19.9 Å². The number of nitrogens with two attached hydrogens (primary N) is 2. The number of hydrogen-bond donors (Lipinski definition) is 2.